The minimum Gasteiger partial charge on any atom is -0.427 e. The summed E-state index contributed by atoms with van der Waals surface area (Å²) in [6, 6.07) is 30.3. The van der Waals surface area contributed by atoms with Gasteiger partial charge in [-0.2, -0.15) is 0 Å². The first-order valence-corrected chi connectivity index (χ1v) is 11.5. The molecule has 0 heterocycles. The minimum absolute atomic E-state index is 0.627. The fraction of sp³-hybridized carbons (Fsp3) is 0.182. The van der Waals surface area contributed by atoms with E-state index in [1.165, 1.54) is 0 Å². The van der Waals surface area contributed by atoms with Crippen LogP contribution in [0, 0.1) is 0 Å². The van der Waals surface area contributed by atoms with Crippen LogP contribution in [0.5, 0.6) is 5.75 Å². The summed E-state index contributed by atoms with van der Waals surface area (Å²) in [6.45, 7) is 2.77. The molecule has 0 N–H and O–H groups in total. The van der Waals surface area contributed by atoms with Crippen molar-refractivity contribution >= 4 is 27.4 Å². The molecular formula is C22H24O3P2. The maximum Gasteiger partial charge on any atom is 0.401 e. The smallest absolute Gasteiger partial charge is 0.401 e. The second kappa shape index (κ2) is 11.2. The molecule has 1 unspecified atom stereocenters. The van der Waals surface area contributed by atoms with Crippen LogP contribution < -0.4 is 15.1 Å². The average Bonchev–Trinajstić information content (AvgIpc) is 2.74. The normalized spacial score (nSPS) is 12.1. The second-order valence-corrected chi connectivity index (χ2v) is 9.02. The van der Waals surface area contributed by atoms with Gasteiger partial charge in [-0.3, -0.25) is 4.31 Å². The van der Waals surface area contributed by atoms with Crippen molar-refractivity contribution in [2.45, 2.75) is 19.8 Å². The molecule has 27 heavy (non-hydrogen) atoms. The Hall–Kier alpha value is -1.76. The van der Waals surface area contributed by atoms with E-state index < -0.39 is 16.8 Å². The Morgan fingerprint density at radius 1 is 0.704 bits per heavy atom. The van der Waals surface area contributed by atoms with Gasteiger partial charge in [0.25, 0.3) is 0 Å². The van der Waals surface area contributed by atoms with E-state index in [4.69, 9.17) is 13.4 Å². The van der Waals surface area contributed by atoms with Crippen LogP contribution in [0.4, 0.5) is 0 Å². The highest BCUT2D eigenvalue weighted by Crippen LogP contribution is 2.53. The zero-order chi connectivity index (χ0) is 18.7. The molecule has 0 aliphatic heterocycles. The first-order valence-electron chi connectivity index (χ1n) is 9.11. The minimum atomic E-state index is -1.51. The summed E-state index contributed by atoms with van der Waals surface area (Å²) in [6.07, 6.45) is 2.05. The van der Waals surface area contributed by atoms with Crippen molar-refractivity contribution in [2.24, 2.45) is 0 Å². The third-order valence-corrected chi connectivity index (χ3v) is 7.22. The quantitative estimate of drug-likeness (QED) is 0.302. The third-order valence-electron chi connectivity index (χ3n) is 3.75. The van der Waals surface area contributed by atoms with Crippen LogP contribution in [0.3, 0.4) is 0 Å². The van der Waals surface area contributed by atoms with E-state index in [2.05, 4.69) is 31.2 Å². The van der Waals surface area contributed by atoms with Crippen molar-refractivity contribution in [3.8, 4) is 5.75 Å². The molecule has 3 aromatic rings. The van der Waals surface area contributed by atoms with Crippen LogP contribution >= 0.6 is 16.8 Å². The monoisotopic (exact) mass is 398 g/mol. The molecular weight excluding hydrogens is 374 g/mol. The van der Waals surface area contributed by atoms with Gasteiger partial charge in [-0.05, 0) is 18.6 Å². The molecule has 0 saturated heterocycles. The number of benzene rings is 3. The maximum atomic E-state index is 6.46. The molecule has 5 heteroatoms. The molecule has 3 rings (SSSR count). The molecule has 3 aromatic carbocycles. The van der Waals surface area contributed by atoms with Gasteiger partial charge < -0.3 is 9.05 Å². The Morgan fingerprint density at radius 2 is 1.22 bits per heavy atom. The summed E-state index contributed by atoms with van der Waals surface area (Å²) in [7, 11) is -2.53. The van der Waals surface area contributed by atoms with E-state index in [0.717, 1.165) is 29.2 Å². The molecule has 0 aliphatic rings. The predicted octanol–water partition coefficient (Wildman–Crippen LogP) is 6.17. The fourth-order valence-corrected chi connectivity index (χ4v) is 5.77. The highest BCUT2D eigenvalue weighted by atomic mass is 31.2. The highest BCUT2D eigenvalue weighted by Gasteiger charge is 2.24. The van der Waals surface area contributed by atoms with Crippen molar-refractivity contribution in [1.29, 1.82) is 0 Å². The second-order valence-electron chi connectivity index (χ2n) is 5.86. The van der Waals surface area contributed by atoms with Crippen LogP contribution in [-0.4, -0.2) is 6.61 Å². The molecule has 0 fully saturated rings. The molecule has 3 nitrogen and oxygen atoms in total. The molecule has 0 spiro atoms. The van der Waals surface area contributed by atoms with Crippen LogP contribution in [0.2, 0.25) is 0 Å². The lowest BCUT2D eigenvalue weighted by Gasteiger charge is -2.23. The lowest BCUT2D eigenvalue weighted by atomic mass is 10.3. The van der Waals surface area contributed by atoms with Gasteiger partial charge in [0.15, 0.2) is 0 Å². The SMILES string of the molecule is CCCCOP(Oc1ccccc1)OP(c1ccccc1)c1ccccc1. The Kier molecular flexibility index (Phi) is 8.27. The van der Waals surface area contributed by atoms with Crippen LogP contribution in [0.25, 0.3) is 0 Å². The van der Waals surface area contributed by atoms with Crippen molar-refractivity contribution in [3.05, 3.63) is 91.0 Å². The summed E-state index contributed by atoms with van der Waals surface area (Å²) >= 11 is 0. The van der Waals surface area contributed by atoms with Gasteiger partial charge in [0.05, 0.1) is 6.61 Å². The van der Waals surface area contributed by atoms with Crippen LogP contribution in [0.1, 0.15) is 19.8 Å². The van der Waals surface area contributed by atoms with Crippen molar-refractivity contribution in [2.75, 3.05) is 6.61 Å². The van der Waals surface area contributed by atoms with Crippen molar-refractivity contribution < 1.29 is 13.4 Å². The van der Waals surface area contributed by atoms with Gasteiger partial charge in [0.1, 0.15) is 13.9 Å². The summed E-state index contributed by atoms with van der Waals surface area (Å²) in [5.41, 5.74) is 0. The first kappa shape index (κ1) is 20.0. The van der Waals surface area contributed by atoms with E-state index in [0.29, 0.717) is 6.61 Å². The van der Waals surface area contributed by atoms with Gasteiger partial charge >= 0.3 is 8.60 Å². The van der Waals surface area contributed by atoms with E-state index in [9.17, 15) is 0 Å². The molecule has 140 valence electrons. The Morgan fingerprint density at radius 3 is 1.74 bits per heavy atom. The van der Waals surface area contributed by atoms with E-state index >= 15 is 0 Å². The summed E-state index contributed by atoms with van der Waals surface area (Å²) in [5, 5.41) is 2.28. The Bertz CT molecular complexity index is 730. The number of para-hydroxylation sites is 1. The number of hydrogen-bond acceptors (Lipinski definition) is 3. The molecule has 1 atom stereocenters. The van der Waals surface area contributed by atoms with Crippen LogP contribution in [-0.2, 0) is 8.83 Å². The lowest BCUT2D eigenvalue weighted by Crippen LogP contribution is -2.13. The maximum absolute atomic E-state index is 6.46. The average molecular weight is 398 g/mol. The first-order chi connectivity index (χ1) is 13.4. The van der Waals surface area contributed by atoms with Gasteiger partial charge in [0.2, 0.25) is 0 Å². The van der Waals surface area contributed by atoms with Crippen molar-refractivity contribution in [3.63, 3.8) is 0 Å². The highest BCUT2D eigenvalue weighted by molar-refractivity contribution is 7.73. The van der Waals surface area contributed by atoms with Gasteiger partial charge in [-0.15, -0.1) is 0 Å². The van der Waals surface area contributed by atoms with E-state index in [1.807, 2.05) is 66.7 Å². The number of hydrogen-bond donors (Lipinski definition) is 0. The topological polar surface area (TPSA) is 27.7 Å². The third kappa shape index (κ3) is 6.41. The van der Waals surface area contributed by atoms with Crippen molar-refractivity contribution in [1.82, 2.24) is 0 Å². The Balaban J connectivity index is 1.82. The lowest BCUT2D eigenvalue weighted by molar-refractivity contribution is 0.267. The standard InChI is InChI=1S/C22H24O3P2/c1-2-3-19-23-27(24-20-13-7-4-8-14-20)25-26(21-15-9-5-10-16-21)22-17-11-6-12-18-22/h4-18H,2-3,19H2,1H3. The molecule has 0 saturated carbocycles. The number of unbranched alkanes of at least 4 members (excludes halogenated alkanes) is 1. The van der Waals surface area contributed by atoms with Gasteiger partial charge in [-0.25, -0.2) is 0 Å². The number of rotatable bonds is 10. The molecule has 0 aromatic heterocycles. The summed E-state index contributed by atoms with van der Waals surface area (Å²) in [5.74, 6) is 0.760. The zero-order valence-corrected chi connectivity index (χ0v) is 17.2. The molecule has 0 bridgehead atoms. The molecule has 0 radical (unpaired) electrons. The summed E-state index contributed by atoms with van der Waals surface area (Å²) in [4.78, 5) is 0. The predicted molar refractivity (Wildman–Crippen MR) is 115 cm³/mol. The summed E-state index contributed by atoms with van der Waals surface area (Å²) < 4.78 is 18.5. The largest absolute Gasteiger partial charge is 0.427 e. The van der Waals surface area contributed by atoms with E-state index in [1.54, 1.807) is 0 Å². The zero-order valence-electron chi connectivity index (χ0n) is 15.4. The molecule has 0 aliphatic carbocycles. The fourth-order valence-electron chi connectivity index (χ4n) is 2.35. The Labute approximate surface area is 164 Å². The van der Waals surface area contributed by atoms with E-state index in [-0.39, 0.29) is 0 Å². The van der Waals surface area contributed by atoms with Crippen LogP contribution in [0.15, 0.2) is 91.0 Å². The molecule has 0 amide bonds. The van der Waals surface area contributed by atoms with Gasteiger partial charge in [0, 0.05) is 10.6 Å². The van der Waals surface area contributed by atoms with Gasteiger partial charge in [-0.1, -0.05) is 92.2 Å².